The summed E-state index contributed by atoms with van der Waals surface area (Å²) in [6.07, 6.45) is 4.80. The number of fused-ring (bicyclic) bond motifs is 1. The van der Waals surface area contributed by atoms with Crippen LogP contribution < -0.4 is 26.6 Å². The highest BCUT2D eigenvalue weighted by Crippen LogP contribution is 2.25. The molecule has 0 radical (unpaired) electrons. The fourth-order valence-electron chi connectivity index (χ4n) is 3.71. The van der Waals surface area contributed by atoms with Crippen molar-refractivity contribution >= 4 is 17.4 Å². The zero-order chi connectivity index (χ0) is 21.8. The maximum atomic E-state index is 12.4. The lowest BCUT2D eigenvalue weighted by Gasteiger charge is -2.11. The zero-order valence-corrected chi connectivity index (χ0v) is 17.1. The minimum Gasteiger partial charge on any atom is -0.480 e. The molecule has 0 unspecified atom stereocenters. The van der Waals surface area contributed by atoms with Gasteiger partial charge < -0.3 is 15.4 Å². The molecule has 3 aromatic rings. The largest absolute Gasteiger partial charge is 0.480 e. The van der Waals surface area contributed by atoms with Crippen LogP contribution in [0.25, 0.3) is 0 Å². The fraction of sp³-hybridized carbons (Fsp3) is 0.273. The molecule has 1 aromatic carbocycles. The highest BCUT2D eigenvalue weighted by molar-refractivity contribution is 5.96. The van der Waals surface area contributed by atoms with Gasteiger partial charge in [-0.15, -0.1) is 0 Å². The van der Waals surface area contributed by atoms with Crippen LogP contribution in [-0.2, 0) is 19.4 Å². The van der Waals surface area contributed by atoms with Gasteiger partial charge in [-0.1, -0.05) is 6.07 Å². The van der Waals surface area contributed by atoms with E-state index in [2.05, 4.69) is 32.7 Å². The topological polar surface area (TPSA) is 118 Å². The first-order valence-corrected chi connectivity index (χ1v) is 10.1. The lowest BCUT2D eigenvalue weighted by atomic mass is 10.1. The van der Waals surface area contributed by atoms with E-state index in [-0.39, 0.29) is 24.5 Å². The van der Waals surface area contributed by atoms with E-state index in [1.54, 1.807) is 12.1 Å². The summed E-state index contributed by atoms with van der Waals surface area (Å²) in [4.78, 5) is 43.8. The van der Waals surface area contributed by atoms with Crippen molar-refractivity contribution in [2.24, 2.45) is 0 Å². The molecule has 31 heavy (non-hydrogen) atoms. The Morgan fingerprint density at radius 1 is 1.19 bits per heavy atom. The van der Waals surface area contributed by atoms with Gasteiger partial charge in [0.15, 0.2) is 0 Å². The summed E-state index contributed by atoms with van der Waals surface area (Å²) >= 11 is 0. The lowest BCUT2D eigenvalue weighted by Crippen LogP contribution is -2.39. The second-order valence-corrected chi connectivity index (χ2v) is 7.26. The number of aromatic nitrogens is 3. The molecule has 1 aliphatic carbocycles. The molecule has 0 saturated heterocycles. The van der Waals surface area contributed by atoms with Gasteiger partial charge in [-0.2, -0.15) is 0 Å². The Kier molecular flexibility index (Phi) is 5.83. The molecule has 4 rings (SSSR count). The minimum atomic E-state index is -0.552. The number of rotatable bonds is 7. The highest BCUT2D eigenvalue weighted by Gasteiger charge is 2.13. The summed E-state index contributed by atoms with van der Waals surface area (Å²) in [7, 11) is 1.43. The summed E-state index contributed by atoms with van der Waals surface area (Å²) < 4.78 is 6.10. The van der Waals surface area contributed by atoms with Crippen molar-refractivity contribution in [1.82, 2.24) is 19.9 Å². The molecular formula is C22H23N5O4. The van der Waals surface area contributed by atoms with Crippen molar-refractivity contribution in [3.8, 4) is 5.88 Å². The smallest absolute Gasteiger partial charge is 0.329 e. The summed E-state index contributed by atoms with van der Waals surface area (Å²) in [6.45, 7) is 0.124. The Labute approximate surface area is 178 Å². The average molecular weight is 421 g/mol. The van der Waals surface area contributed by atoms with Crippen molar-refractivity contribution in [2.75, 3.05) is 19.0 Å². The number of benzene rings is 1. The van der Waals surface area contributed by atoms with Crippen LogP contribution in [0.5, 0.6) is 5.88 Å². The van der Waals surface area contributed by atoms with Crippen LogP contribution in [0.3, 0.4) is 0 Å². The van der Waals surface area contributed by atoms with Crippen molar-refractivity contribution in [3.63, 3.8) is 0 Å². The van der Waals surface area contributed by atoms with Crippen LogP contribution >= 0.6 is 0 Å². The summed E-state index contributed by atoms with van der Waals surface area (Å²) in [5, 5.41) is 5.76. The monoisotopic (exact) mass is 421 g/mol. The van der Waals surface area contributed by atoms with Gasteiger partial charge in [-0.3, -0.25) is 19.1 Å². The van der Waals surface area contributed by atoms with E-state index >= 15 is 0 Å². The van der Waals surface area contributed by atoms with Gasteiger partial charge in [0.25, 0.3) is 11.5 Å². The summed E-state index contributed by atoms with van der Waals surface area (Å²) in [5.74, 6) is 0.134. The number of hydrogen-bond donors (Lipinski definition) is 3. The van der Waals surface area contributed by atoms with Gasteiger partial charge in [0.2, 0.25) is 5.88 Å². The fourth-order valence-corrected chi connectivity index (χ4v) is 3.71. The maximum absolute atomic E-state index is 12.4. The lowest BCUT2D eigenvalue weighted by molar-refractivity contribution is 0.0948. The van der Waals surface area contributed by atoms with Crippen molar-refractivity contribution in [2.45, 2.75) is 25.8 Å². The second kappa shape index (κ2) is 8.86. The number of H-pyrrole nitrogens is 1. The SMILES string of the molecule is COc1ncccc1C(=O)NCCn1c(=O)cc(Nc2ccc3c(c2)CCC3)[nH]c1=O. The quantitative estimate of drug-likeness (QED) is 0.533. The molecule has 0 spiro atoms. The van der Waals surface area contributed by atoms with Crippen molar-refractivity contribution in [3.05, 3.63) is 80.1 Å². The Bertz CT molecular complexity index is 1200. The number of hydrogen-bond acceptors (Lipinski definition) is 6. The first-order valence-electron chi connectivity index (χ1n) is 10.1. The molecule has 2 heterocycles. The van der Waals surface area contributed by atoms with Gasteiger partial charge in [0.1, 0.15) is 11.4 Å². The van der Waals surface area contributed by atoms with Gasteiger partial charge in [-0.25, -0.2) is 9.78 Å². The molecule has 2 aromatic heterocycles. The third-order valence-corrected chi connectivity index (χ3v) is 5.23. The normalized spacial score (nSPS) is 12.3. The molecule has 9 nitrogen and oxygen atoms in total. The Morgan fingerprint density at radius 3 is 2.84 bits per heavy atom. The molecule has 0 bridgehead atoms. The Morgan fingerprint density at radius 2 is 2.03 bits per heavy atom. The van der Waals surface area contributed by atoms with Gasteiger partial charge in [-0.05, 0) is 54.7 Å². The molecular weight excluding hydrogens is 398 g/mol. The standard InChI is InChI=1S/C22H23N5O4/c1-31-21-17(6-3-9-24-21)20(29)23-10-11-27-19(28)13-18(26-22(27)30)25-16-8-7-14-4-2-5-15(14)12-16/h3,6-9,12-13,25H,2,4-5,10-11H2,1H3,(H,23,29)(H,26,30). The highest BCUT2D eigenvalue weighted by atomic mass is 16.5. The molecule has 3 N–H and O–H groups in total. The number of carbonyl (C=O) groups excluding carboxylic acids is 1. The zero-order valence-electron chi connectivity index (χ0n) is 17.1. The van der Waals surface area contributed by atoms with E-state index < -0.39 is 17.2 Å². The van der Waals surface area contributed by atoms with E-state index in [4.69, 9.17) is 4.74 Å². The summed E-state index contributed by atoms with van der Waals surface area (Å²) in [6, 6.07) is 10.6. The van der Waals surface area contributed by atoms with E-state index in [9.17, 15) is 14.4 Å². The number of aromatic amines is 1. The number of methoxy groups -OCH3 is 1. The van der Waals surface area contributed by atoms with E-state index in [0.29, 0.717) is 5.82 Å². The third-order valence-electron chi connectivity index (χ3n) is 5.23. The van der Waals surface area contributed by atoms with E-state index in [1.165, 1.54) is 30.5 Å². The van der Waals surface area contributed by atoms with E-state index in [1.807, 2.05) is 6.07 Å². The number of nitrogens with one attached hydrogen (secondary N) is 3. The number of ether oxygens (including phenoxy) is 1. The van der Waals surface area contributed by atoms with Gasteiger partial charge >= 0.3 is 5.69 Å². The van der Waals surface area contributed by atoms with Crippen LogP contribution in [-0.4, -0.2) is 34.1 Å². The van der Waals surface area contributed by atoms with Crippen LogP contribution in [0.15, 0.2) is 52.2 Å². The Balaban J connectivity index is 1.41. The number of pyridine rings is 1. The third kappa shape index (κ3) is 4.50. The molecule has 0 saturated carbocycles. The average Bonchev–Trinajstić information content (AvgIpc) is 3.23. The molecule has 1 amide bonds. The minimum absolute atomic E-state index is 0.0294. The molecule has 0 aliphatic heterocycles. The predicted molar refractivity (Wildman–Crippen MR) is 116 cm³/mol. The van der Waals surface area contributed by atoms with Gasteiger partial charge in [0.05, 0.1) is 7.11 Å². The first kappa shape index (κ1) is 20.4. The maximum Gasteiger partial charge on any atom is 0.329 e. The first-order chi connectivity index (χ1) is 15.0. The van der Waals surface area contributed by atoms with Crippen molar-refractivity contribution in [1.29, 1.82) is 0 Å². The number of anilines is 2. The molecule has 0 atom stereocenters. The molecule has 0 fully saturated rings. The van der Waals surface area contributed by atoms with E-state index in [0.717, 1.165) is 29.5 Å². The number of nitrogens with zero attached hydrogens (tertiary/aromatic N) is 2. The van der Waals surface area contributed by atoms with Crippen LogP contribution in [0.1, 0.15) is 27.9 Å². The summed E-state index contributed by atoms with van der Waals surface area (Å²) in [5.41, 5.74) is 2.73. The number of aryl methyl sites for hydroxylation is 2. The van der Waals surface area contributed by atoms with Crippen LogP contribution in [0.4, 0.5) is 11.5 Å². The Hall–Kier alpha value is -3.88. The molecule has 160 valence electrons. The molecule has 1 aliphatic rings. The number of carbonyl (C=O) groups is 1. The van der Waals surface area contributed by atoms with Crippen LogP contribution in [0.2, 0.25) is 0 Å². The van der Waals surface area contributed by atoms with Crippen LogP contribution in [0, 0.1) is 0 Å². The predicted octanol–water partition coefficient (Wildman–Crippen LogP) is 1.60. The number of amides is 1. The van der Waals surface area contributed by atoms with Crippen molar-refractivity contribution < 1.29 is 9.53 Å². The molecule has 9 heteroatoms. The van der Waals surface area contributed by atoms with Gasteiger partial charge in [0, 0.05) is 31.0 Å². The second-order valence-electron chi connectivity index (χ2n) is 7.26.